The maximum atomic E-state index is 12.0. The lowest BCUT2D eigenvalue weighted by atomic mass is 10.1. The van der Waals surface area contributed by atoms with Crippen molar-refractivity contribution in [3.63, 3.8) is 0 Å². The number of halogens is 1. The first-order chi connectivity index (χ1) is 9.81. The van der Waals surface area contributed by atoms with E-state index in [0.29, 0.717) is 10.7 Å². The summed E-state index contributed by atoms with van der Waals surface area (Å²) >= 11 is 7.56. The van der Waals surface area contributed by atoms with E-state index >= 15 is 0 Å². The number of nitrogens with zero attached hydrogens (tertiary/aromatic N) is 2. The van der Waals surface area contributed by atoms with Crippen molar-refractivity contribution in [2.75, 3.05) is 6.54 Å². The molecule has 0 saturated heterocycles. The standard InChI is InChI=1S/C14H18ClN3O2S/c1-9-10(13(15)18(3)17-9)7-12(19)16-8-14(2,20)11-5-4-6-21-11/h4-6,20H,7-8H2,1-3H3,(H,16,19). The molecule has 2 N–H and O–H groups in total. The van der Waals surface area contributed by atoms with Crippen LogP contribution in [0.5, 0.6) is 0 Å². The summed E-state index contributed by atoms with van der Waals surface area (Å²) in [5.41, 5.74) is 0.382. The van der Waals surface area contributed by atoms with Gasteiger partial charge in [0.05, 0.1) is 18.7 Å². The zero-order valence-electron chi connectivity index (χ0n) is 12.2. The minimum absolute atomic E-state index is 0.152. The number of carbonyl (C=O) groups is 1. The fraction of sp³-hybridized carbons (Fsp3) is 0.429. The van der Waals surface area contributed by atoms with E-state index in [1.165, 1.54) is 11.3 Å². The molecule has 0 spiro atoms. The molecule has 0 aliphatic carbocycles. The number of aromatic nitrogens is 2. The van der Waals surface area contributed by atoms with E-state index in [1.807, 2.05) is 24.4 Å². The van der Waals surface area contributed by atoms with Gasteiger partial charge in [0.25, 0.3) is 0 Å². The van der Waals surface area contributed by atoms with Crippen molar-refractivity contribution in [1.29, 1.82) is 0 Å². The van der Waals surface area contributed by atoms with Gasteiger partial charge in [0.2, 0.25) is 5.91 Å². The maximum absolute atomic E-state index is 12.0. The highest BCUT2D eigenvalue weighted by Crippen LogP contribution is 2.24. The Morgan fingerprint density at radius 1 is 1.62 bits per heavy atom. The molecular weight excluding hydrogens is 310 g/mol. The Bertz CT molecular complexity index is 635. The van der Waals surface area contributed by atoms with Crippen LogP contribution in [0.25, 0.3) is 0 Å². The first-order valence-electron chi connectivity index (χ1n) is 6.52. The second-order valence-corrected chi connectivity index (χ2v) is 6.49. The molecular formula is C14H18ClN3O2S. The molecule has 2 aromatic rings. The summed E-state index contributed by atoms with van der Waals surface area (Å²) < 4.78 is 1.54. The topological polar surface area (TPSA) is 67.2 Å². The number of rotatable bonds is 5. The molecule has 2 rings (SSSR count). The number of carbonyl (C=O) groups excluding carboxylic acids is 1. The van der Waals surface area contributed by atoms with E-state index < -0.39 is 5.60 Å². The van der Waals surface area contributed by atoms with Crippen LogP contribution >= 0.6 is 22.9 Å². The van der Waals surface area contributed by atoms with E-state index in [0.717, 1.165) is 10.6 Å². The molecule has 0 bridgehead atoms. The zero-order valence-corrected chi connectivity index (χ0v) is 13.8. The van der Waals surface area contributed by atoms with Gasteiger partial charge < -0.3 is 10.4 Å². The van der Waals surface area contributed by atoms with Crippen LogP contribution in [0.1, 0.15) is 23.1 Å². The average Bonchev–Trinajstić information content (AvgIpc) is 3.02. The van der Waals surface area contributed by atoms with Gasteiger partial charge in [-0.25, -0.2) is 0 Å². The minimum atomic E-state index is -1.07. The van der Waals surface area contributed by atoms with E-state index in [-0.39, 0.29) is 18.9 Å². The number of nitrogens with one attached hydrogen (secondary N) is 1. The molecule has 0 saturated carbocycles. The van der Waals surface area contributed by atoms with Gasteiger partial charge in [0.1, 0.15) is 10.8 Å². The molecule has 0 fully saturated rings. The minimum Gasteiger partial charge on any atom is -0.383 e. The first-order valence-corrected chi connectivity index (χ1v) is 7.78. The van der Waals surface area contributed by atoms with E-state index in [1.54, 1.807) is 18.7 Å². The first kappa shape index (κ1) is 16.0. The van der Waals surface area contributed by atoms with E-state index in [4.69, 9.17) is 11.6 Å². The molecule has 1 atom stereocenters. The largest absolute Gasteiger partial charge is 0.383 e. The second-order valence-electron chi connectivity index (χ2n) is 5.18. The Kier molecular flexibility index (Phi) is 4.70. The van der Waals surface area contributed by atoms with Gasteiger partial charge in [-0.05, 0) is 25.3 Å². The Morgan fingerprint density at radius 2 is 2.33 bits per heavy atom. The number of hydrogen-bond acceptors (Lipinski definition) is 4. The Morgan fingerprint density at radius 3 is 2.86 bits per heavy atom. The van der Waals surface area contributed by atoms with Crippen LogP contribution in [-0.4, -0.2) is 27.3 Å². The van der Waals surface area contributed by atoms with Crippen LogP contribution < -0.4 is 5.32 Å². The van der Waals surface area contributed by atoms with Crippen molar-refractivity contribution >= 4 is 28.8 Å². The molecule has 1 amide bonds. The zero-order chi connectivity index (χ0) is 15.6. The van der Waals surface area contributed by atoms with Gasteiger partial charge in [-0.2, -0.15) is 5.10 Å². The third-order valence-corrected chi connectivity index (χ3v) is 4.88. The van der Waals surface area contributed by atoms with Crippen LogP contribution in [0.3, 0.4) is 0 Å². The van der Waals surface area contributed by atoms with Gasteiger partial charge in [-0.1, -0.05) is 17.7 Å². The van der Waals surface area contributed by atoms with Crippen LogP contribution in [0.15, 0.2) is 17.5 Å². The van der Waals surface area contributed by atoms with Crippen molar-refractivity contribution in [3.05, 3.63) is 38.8 Å². The van der Waals surface area contributed by atoms with Crippen molar-refractivity contribution in [2.24, 2.45) is 7.05 Å². The predicted molar refractivity (Wildman–Crippen MR) is 83.6 cm³/mol. The summed E-state index contributed by atoms with van der Waals surface area (Å²) in [6.45, 7) is 3.65. The lowest BCUT2D eigenvalue weighted by molar-refractivity contribution is -0.121. The van der Waals surface area contributed by atoms with Crippen LogP contribution in [-0.2, 0) is 23.9 Å². The summed E-state index contributed by atoms with van der Waals surface area (Å²) in [5, 5.41) is 19.6. The second kappa shape index (κ2) is 6.17. The van der Waals surface area contributed by atoms with Crippen molar-refractivity contribution in [3.8, 4) is 0 Å². The maximum Gasteiger partial charge on any atom is 0.224 e. The molecule has 5 nitrogen and oxygen atoms in total. The molecule has 1 unspecified atom stereocenters. The fourth-order valence-corrected chi connectivity index (χ4v) is 3.07. The Hall–Kier alpha value is -1.37. The summed E-state index contributed by atoms with van der Waals surface area (Å²) in [4.78, 5) is 12.8. The van der Waals surface area contributed by atoms with Gasteiger partial charge in [0.15, 0.2) is 0 Å². The molecule has 0 aromatic carbocycles. The highest BCUT2D eigenvalue weighted by atomic mass is 35.5. The van der Waals surface area contributed by atoms with Crippen LogP contribution in [0.2, 0.25) is 5.15 Å². The van der Waals surface area contributed by atoms with E-state index in [9.17, 15) is 9.90 Å². The molecule has 114 valence electrons. The van der Waals surface area contributed by atoms with Crippen molar-refractivity contribution in [1.82, 2.24) is 15.1 Å². The average molecular weight is 328 g/mol. The van der Waals surface area contributed by atoms with Crippen LogP contribution in [0, 0.1) is 6.92 Å². The van der Waals surface area contributed by atoms with E-state index in [2.05, 4.69) is 10.4 Å². The molecule has 7 heteroatoms. The summed E-state index contributed by atoms with van der Waals surface area (Å²) in [6, 6.07) is 3.72. The molecule has 21 heavy (non-hydrogen) atoms. The SMILES string of the molecule is Cc1nn(C)c(Cl)c1CC(=O)NCC(C)(O)c1cccs1. The molecule has 0 aliphatic heterocycles. The van der Waals surface area contributed by atoms with Crippen molar-refractivity contribution < 1.29 is 9.90 Å². The predicted octanol–water partition coefficient (Wildman–Crippen LogP) is 2.01. The molecule has 0 radical (unpaired) electrons. The Balaban J connectivity index is 1.97. The molecule has 2 heterocycles. The Labute approximate surface area is 132 Å². The number of hydrogen-bond donors (Lipinski definition) is 2. The van der Waals surface area contributed by atoms with Gasteiger partial charge in [0, 0.05) is 17.5 Å². The van der Waals surface area contributed by atoms with Crippen LogP contribution in [0.4, 0.5) is 0 Å². The monoisotopic (exact) mass is 327 g/mol. The summed E-state index contributed by atoms with van der Waals surface area (Å²) in [6.07, 6.45) is 0.152. The highest BCUT2D eigenvalue weighted by Gasteiger charge is 2.25. The van der Waals surface area contributed by atoms with Gasteiger partial charge in [-0.15, -0.1) is 11.3 Å². The lowest BCUT2D eigenvalue weighted by Gasteiger charge is -2.22. The highest BCUT2D eigenvalue weighted by molar-refractivity contribution is 7.10. The lowest BCUT2D eigenvalue weighted by Crippen LogP contribution is -2.38. The number of aliphatic hydroxyl groups is 1. The number of amides is 1. The summed E-state index contributed by atoms with van der Waals surface area (Å²) in [7, 11) is 1.73. The van der Waals surface area contributed by atoms with Gasteiger partial charge >= 0.3 is 0 Å². The van der Waals surface area contributed by atoms with Gasteiger partial charge in [-0.3, -0.25) is 9.48 Å². The fourth-order valence-electron chi connectivity index (χ4n) is 2.04. The quantitative estimate of drug-likeness (QED) is 0.882. The smallest absolute Gasteiger partial charge is 0.224 e. The molecule has 0 aliphatic rings. The number of aryl methyl sites for hydroxylation is 2. The molecule has 2 aromatic heterocycles. The summed E-state index contributed by atoms with van der Waals surface area (Å²) in [5.74, 6) is -0.190. The number of thiophene rings is 1. The van der Waals surface area contributed by atoms with Crippen molar-refractivity contribution in [2.45, 2.75) is 25.9 Å². The normalized spacial score (nSPS) is 14.0. The third-order valence-electron chi connectivity index (χ3n) is 3.29. The third kappa shape index (κ3) is 3.64.